The van der Waals surface area contributed by atoms with Crippen molar-refractivity contribution in [2.45, 2.75) is 18.2 Å². The maximum absolute atomic E-state index is 12.0. The van der Waals surface area contributed by atoms with Gasteiger partial charge in [-0.05, 0) is 24.6 Å². The number of nitriles is 1. The second-order valence-electron chi connectivity index (χ2n) is 4.34. The average molecular weight is 265 g/mol. The quantitative estimate of drug-likeness (QED) is 0.822. The van der Waals surface area contributed by atoms with Crippen LogP contribution in [0.1, 0.15) is 17.5 Å². The lowest BCUT2D eigenvalue weighted by atomic mass is 10.1. The third kappa shape index (κ3) is 3.29. The highest BCUT2D eigenvalue weighted by Crippen LogP contribution is 2.12. The summed E-state index contributed by atoms with van der Waals surface area (Å²) < 4.78 is 26.6. The Labute approximate surface area is 107 Å². The molecular weight excluding hydrogens is 250 g/mol. The first kappa shape index (κ1) is 13.0. The van der Waals surface area contributed by atoms with Gasteiger partial charge in [-0.1, -0.05) is 18.2 Å². The molecule has 0 amide bonds. The molecule has 0 radical (unpaired) electrons. The smallest absolute Gasteiger partial charge is 0.216 e. The van der Waals surface area contributed by atoms with Crippen molar-refractivity contribution in [2.24, 2.45) is 0 Å². The van der Waals surface area contributed by atoms with Gasteiger partial charge in [0.1, 0.15) is 0 Å². The molecule has 0 aromatic heterocycles. The monoisotopic (exact) mass is 265 g/mol. The second kappa shape index (κ2) is 5.48. The van der Waals surface area contributed by atoms with Crippen LogP contribution in [0.3, 0.4) is 0 Å². The Morgan fingerprint density at radius 1 is 1.44 bits per heavy atom. The topological polar surface area (TPSA) is 82.0 Å². The first-order valence-corrected chi connectivity index (χ1v) is 7.45. The fourth-order valence-electron chi connectivity index (χ4n) is 2.01. The highest BCUT2D eigenvalue weighted by Gasteiger charge is 2.22. The summed E-state index contributed by atoms with van der Waals surface area (Å²) in [7, 11) is -3.39. The molecule has 6 heteroatoms. The molecule has 2 rings (SSSR count). The van der Waals surface area contributed by atoms with Gasteiger partial charge in [-0.25, -0.2) is 13.1 Å². The van der Waals surface area contributed by atoms with E-state index in [0.717, 1.165) is 13.0 Å². The summed E-state index contributed by atoms with van der Waals surface area (Å²) in [4.78, 5) is 0. The Morgan fingerprint density at radius 3 is 2.89 bits per heavy atom. The molecule has 0 bridgehead atoms. The molecular formula is C12H15N3O2S. The predicted molar refractivity (Wildman–Crippen MR) is 68.2 cm³/mol. The highest BCUT2D eigenvalue weighted by molar-refractivity contribution is 7.88. The van der Waals surface area contributed by atoms with E-state index in [1.165, 1.54) is 0 Å². The Bertz CT molecular complexity index is 557. The molecule has 0 saturated carbocycles. The summed E-state index contributed by atoms with van der Waals surface area (Å²) in [6.07, 6.45) is 0.805. The van der Waals surface area contributed by atoms with Crippen molar-refractivity contribution >= 4 is 10.0 Å². The van der Waals surface area contributed by atoms with Crippen LogP contribution in [0.15, 0.2) is 24.3 Å². The van der Waals surface area contributed by atoms with Gasteiger partial charge in [0.15, 0.2) is 0 Å². The van der Waals surface area contributed by atoms with E-state index in [0.29, 0.717) is 17.7 Å². The van der Waals surface area contributed by atoms with Gasteiger partial charge in [0, 0.05) is 12.6 Å². The van der Waals surface area contributed by atoms with E-state index in [4.69, 9.17) is 5.26 Å². The van der Waals surface area contributed by atoms with Crippen LogP contribution in [0.4, 0.5) is 0 Å². The minimum Gasteiger partial charge on any atom is -0.315 e. The summed E-state index contributed by atoms with van der Waals surface area (Å²) in [5.74, 6) is -0.146. The molecule has 1 aliphatic heterocycles. The van der Waals surface area contributed by atoms with Gasteiger partial charge >= 0.3 is 0 Å². The molecule has 18 heavy (non-hydrogen) atoms. The van der Waals surface area contributed by atoms with Crippen LogP contribution >= 0.6 is 0 Å². The number of rotatable bonds is 4. The van der Waals surface area contributed by atoms with E-state index in [9.17, 15) is 8.42 Å². The molecule has 1 saturated heterocycles. The van der Waals surface area contributed by atoms with Crippen molar-refractivity contribution in [3.63, 3.8) is 0 Å². The van der Waals surface area contributed by atoms with Crippen LogP contribution in [-0.4, -0.2) is 27.5 Å². The maximum atomic E-state index is 12.0. The molecule has 1 fully saturated rings. The van der Waals surface area contributed by atoms with Crippen molar-refractivity contribution in [3.8, 4) is 6.07 Å². The van der Waals surface area contributed by atoms with Crippen LogP contribution in [0.25, 0.3) is 0 Å². The lowest BCUT2D eigenvalue weighted by Gasteiger charge is -2.12. The van der Waals surface area contributed by atoms with Crippen molar-refractivity contribution in [2.75, 3.05) is 13.1 Å². The number of benzene rings is 1. The molecule has 5 nitrogen and oxygen atoms in total. The van der Waals surface area contributed by atoms with Gasteiger partial charge in [-0.2, -0.15) is 5.26 Å². The van der Waals surface area contributed by atoms with Crippen molar-refractivity contribution in [1.82, 2.24) is 10.0 Å². The number of hydrogen-bond donors (Lipinski definition) is 2. The van der Waals surface area contributed by atoms with Gasteiger partial charge in [-0.15, -0.1) is 0 Å². The van der Waals surface area contributed by atoms with Crippen LogP contribution in [0.5, 0.6) is 0 Å². The van der Waals surface area contributed by atoms with Crippen molar-refractivity contribution in [3.05, 3.63) is 35.4 Å². The van der Waals surface area contributed by atoms with E-state index in [2.05, 4.69) is 10.0 Å². The largest absolute Gasteiger partial charge is 0.315 e. The van der Waals surface area contributed by atoms with Crippen LogP contribution in [0.2, 0.25) is 0 Å². The average Bonchev–Trinajstić information content (AvgIpc) is 2.81. The fourth-order valence-corrected chi connectivity index (χ4v) is 3.46. The predicted octanol–water partition coefficient (Wildman–Crippen LogP) is 0.340. The van der Waals surface area contributed by atoms with E-state index in [1.807, 2.05) is 6.07 Å². The zero-order valence-electron chi connectivity index (χ0n) is 9.89. The Balaban J connectivity index is 2.10. The summed E-state index contributed by atoms with van der Waals surface area (Å²) in [5.41, 5.74) is 0.950. The first-order chi connectivity index (χ1) is 8.61. The Morgan fingerprint density at radius 2 is 2.22 bits per heavy atom. The van der Waals surface area contributed by atoms with Gasteiger partial charge in [-0.3, -0.25) is 0 Å². The number of nitrogens with zero attached hydrogens (tertiary/aromatic N) is 1. The van der Waals surface area contributed by atoms with Gasteiger partial charge in [0.25, 0.3) is 0 Å². The van der Waals surface area contributed by atoms with Crippen LogP contribution < -0.4 is 10.0 Å². The third-order valence-electron chi connectivity index (χ3n) is 2.89. The first-order valence-electron chi connectivity index (χ1n) is 5.79. The zero-order valence-corrected chi connectivity index (χ0v) is 10.7. The number of hydrogen-bond acceptors (Lipinski definition) is 4. The number of nitrogens with one attached hydrogen (secondary N) is 2. The maximum Gasteiger partial charge on any atom is 0.216 e. The third-order valence-corrected chi connectivity index (χ3v) is 4.27. The fraction of sp³-hybridized carbons (Fsp3) is 0.417. The van der Waals surface area contributed by atoms with Crippen molar-refractivity contribution in [1.29, 1.82) is 5.26 Å². The molecule has 1 aromatic carbocycles. The minimum absolute atomic E-state index is 0.0377. The second-order valence-corrected chi connectivity index (χ2v) is 6.09. The van der Waals surface area contributed by atoms with Gasteiger partial charge < -0.3 is 5.32 Å². The molecule has 1 atom stereocenters. The lowest BCUT2D eigenvalue weighted by molar-refractivity contribution is 0.559. The lowest BCUT2D eigenvalue weighted by Crippen LogP contribution is -2.37. The summed E-state index contributed by atoms with van der Waals surface area (Å²) in [6, 6.07) is 8.73. The van der Waals surface area contributed by atoms with E-state index in [-0.39, 0.29) is 11.8 Å². The molecule has 0 spiro atoms. The summed E-state index contributed by atoms with van der Waals surface area (Å²) in [6.45, 7) is 1.50. The molecule has 1 aromatic rings. The standard InChI is InChI=1S/C12H15N3O2S/c13-7-10-3-1-2-4-11(10)9-18(16,17)15-12-5-6-14-8-12/h1-4,12,14-15H,5-6,8-9H2/t12-/m1/s1. The SMILES string of the molecule is N#Cc1ccccc1CS(=O)(=O)N[C@@H]1CCNC1. The molecule has 0 aliphatic carbocycles. The minimum atomic E-state index is -3.39. The normalized spacial score (nSPS) is 19.6. The van der Waals surface area contributed by atoms with Crippen LogP contribution in [-0.2, 0) is 15.8 Å². The molecule has 1 aliphatic rings. The molecule has 2 N–H and O–H groups in total. The van der Waals surface area contributed by atoms with E-state index >= 15 is 0 Å². The Kier molecular flexibility index (Phi) is 3.97. The van der Waals surface area contributed by atoms with Gasteiger partial charge in [0.2, 0.25) is 10.0 Å². The number of sulfonamides is 1. The van der Waals surface area contributed by atoms with E-state index < -0.39 is 10.0 Å². The van der Waals surface area contributed by atoms with Crippen LogP contribution in [0, 0.1) is 11.3 Å². The van der Waals surface area contributed by atoms with Gasteiger partial charge in [0.05, 0.1) is 17.4 Å². The molecule has 1 heterocycles. The summed E-state index contributed by atoms with van der Waals surface area (Å²) in [5, 5.41) is 12.0. The summed E-state index contributed by atoms with van der Waals surface area (Å²) >= 11 is 0. The zero-order chi connectivity index (χ0) is 13.0. The highest BCUT2D eigenvalue weighted by atomic mass is 32.2. The molecule has 96 valence electrons. The Hall–Kier alpha value is -1.42. The van der Waals surface area contributed by atoms with Crippen molar-refractivity contribution < 1.29 is 8.42 Å². The molecule has 0 unspecified atom stereocenters. The van der Waals surface area contributed by atoms with E-state index in [1.54, 1.807) is 24.3 Å².